The fourth-order valence-corrected chi connectivity index (χ4v) is 3.00. The molecule has 0 atom stereocenters. The minimum absolute atomic E-state index is 0.578. The molecule has 0 amide bonds. The second-order valence-electron chi connectivity index (χ2n) is 6.21. The van der Waals surface area contributed by atoms with Gasteiger partial charge in [0.05, 0.1) is 5.69 Å². The number of pyridine rings is 1. The van der Waals surface area contributed by atoms with E-state index in [9.17, 15) is 0 Å². The van der Waals surface area contributed by atoms with E-state index in [0.717, 1.165) is 29.9 Å². The lowest BCUT2D eigenvalue weighted by Gasteiger charge is -2.08. The van der Waals surface area contributed by atoms with Gasteiger partial charge in [0.15, 0.2) is 0 Å². The van der Waals surface area contributed by atoms with Gasteiger partial charge >= 0.3 is 0 Å². The van der Waals surface area contributed by atoms with Gasteiger partial charge in [-0.05, 0) is 47.9 Å². The number of nitrogens with zero attached hydrogens (tertiary/aromatic N) is 1. The average molecular weight is 343 g/mol. The van der Waals surface area contributed by atoms with Gasteiger partial charge in [-0.3, -0.25) is 4.98 Å². The normalized spacial score (nSPS) is 10.8. The summed E-state index contributed by atoms with van der Waals surface area (Å²) in [7, 11) is 0. The van der Waals surface area contributed by atoms with E-state index in [2.05, 4.69) is 45.7 Å². The molecule has 26 heavy (non-hydrogen) atoms. The Morgan fingerprint density at radius 2 is 1.92 bits per heavy atom. The third-order valence-corrected chi connectivity index (χ3v) is 4.37. The standard InChI is InChI=1S/C22H21N3O/c1-2-5-17(6-3-1)16-26-20-8-9-22-21(13-20)18(14-25-22)10-12-24-19-7-4-11-23-15-19/h1-9,11,13-15,24-25H,10,12,16H2. The summed E-state index contributed by atoms with van der Waals surface area (Å²) in [5, 5.41) is 4.61. The molecule has 4 heteroatoms. The highest BCUT2D eigenvalue weighted by atomic mass is 16.5. The van der Waals surface area contributed by atoms with Crippen LogP contribution in [0.3, 0.4) is 0 Å². The highest BCUT2D eigenvalue weighted by Crippen LogP contribution is 2.25. The fraction of sp³-hybridized carbons (Fsp3) is 0.136. The molecule has 130 valence electrons. The Morgan fingerprint density at radius 1 is 1.00 bits per heavy atom. The summed E-state index contributed by atoms with van der Waals surface area (Å²) >= 11 is 0. The largest absolute Gasteiger partial charge is 0.489 e. The zero-order valence-corrected chi connectivity index (χ0v) is 14.5. The minimum Gasteiger partial charge on any atom is -0.489 e. The van der Waals surface area contributed by atoms with Crippen molar-refractivity contribution in [2.24, 2.45) is 0 Å². The second kappa shape index (κ2) is 7.74. The number of aromatic amines is 1. The Balaban J connectivity index is 1.42. The molecule has 0 aliphatic rings. The van der Waals surface area contributed by atoms with Crippen molar-refractivity contribution < 1.29 is 4.74 Å². The quantitative estimate of drug-likeness (QED) is 0.507. The molecule has 0 saturated carbocycles. The van der Waals surface area contributed by atoms with Gasteiger partial charge in [0.25, 0.3) is 0 Å². The van der Waals surface area contributed by atoms with Crippen LogP contribution in [0.5, 0.6) is 5.75 Å². The van der Waals surface area contributed by atoms with Gasteiger partial charge in [-0.2, -0.15) is 0 Å². The van der Waals surface area contributed by atoms with E-state index in [1.165, 1.54) is 16.5 Å². The van der Waals surface area contributed by atoms with Crippen LogP contribution in [0.4, 0.5) is 5.69 Å². The summed E-state index contributed by atoms with van der Waals surface area (Å²) in [6.45, 7) is 1.43. The molecule has 0 aliphatic carbocycles. The van der Waals surface area contributed by atoms with E-state index in [1.807, 2.05) is 42.6 Å². The Morgan fingerprint density at radius 3 is 2.77 bits per heavy atom. The molecule has 0 spiro atoms. The number of fused-ring (bicyclic) bond motifs is 1. The van der Waals surface area contributed by atoms with Crippen LogP contribution in [-0.4, -0.2) is 16.5 Å². The van der Waals surface area contributed by atoms with Gasteiger partial charge in [0.1, 0.15) is 12.4 Å². The van der Waals surface area contributed by atoms with Crippen molar-refractivity contribution in [2.75, 3.05) is 11.9 Å². The van der Waals surface area contributed by atoms with Crippen LogP contribution in [-0.2, 0) is 13.0 Å². The summed E-state index contributed by atoms with van der Waals surface area (Å²) < 4.78 is 5.96. The van der Waals surface area contributed by atoms with Crippen LogP contribution in [0.1, 0.15) is 11.1 Å². The number of nitrogens with one attached hydrogen (secondary N) is 2. The summed E-state index contributed by atoms with van der Waals surface area (Å²) in [6.07, 6.45) is 6.63. The van der Waals surface area contributed by atoms with Crippen LogP contribution in [0.25, 0.3) is 10.9 Å². The van der Waals surface area contributed by atoms with Crippen molar-refractivity contribution >= 4 is 16.6 Å². The van der Waals surface area contributed by atoms with Crippen molar-refractivity contribution in [1.82, 2.24) is 9.97 Å². The number of aromatic nitrogens is 2. The molecular formula is C22H21N3O. The predicted molar refractivity (Wildman–Crippen MR) is 106 cm³/mol. The van der Waals surface area contributed by atoms with Crippen LogP contribution in [0.15, 0.2) is 79.3 Å². The van der Waals surface area contributed by atoms with Crippen LogP contribution in [0.2, 0.25) is 0 Å². The first kappa shape index (κ1) is 16.2. The molecule has 0 saturated heterocycles. The lowest BCUT2D eigenvalue weighted by molar-refractivity contribution is 0.306. The van der Waals surface area contributed by atoms with Crippen molar-refractivity contribution in [3.8, 4) is 5.75 Å². The maximum absolute atomic E-state index is 5.96. The summed E-state index contributed by atoms with van der Waals surface area (Å²) in [6, 6.07) is 20.4. The number of rotatable bonds is 7. The third-order valence-electron chi connectivity index (χ3n) is 4.37. The number of ether oxygens (including phenoxy) is 1. The monoisotopic (exact) mass is 343 g/mol. The van der Waals surface area contributed by atoms with E-state index in [0.29, 0.717) is 6.61 Å². The number of hydrogen-bond donors (Lipinski definition) is 2. The molecule has 2 aromatic carbocycles. The molecule has 0 fully saturated rings. The first-order valence-corrected chi connectivity index (χ1v) is 8.79. The van der Waals surface area contributed by atoms with Gasteiger partial charge in [-0.15, -0.1) is 0 Å². The smallest absolute Gasteiger partial charge is 0.120 e. The number of benzene rings is 2. The molecular weight excluding hydrogens is 322 g/mol. The summed E-state index contributed by atoms with van der Waals surface area (Å²) in [5.74, 6) is 0.891. The van der Waals surface area contributed by atoms with Crippen LogP contribution >= 0.6 is 0 Å². The molecule has 4 nitrogen and oxygen atoms in total. The summed E-state index contributed by atoms with van der Waals surface area (Å²) in [5.41, 5.74) is 4.62. The fourth-order valence-electron chi connectivity index (χ4n) is 3.00. The Kier molecular flexibility index (Phi) is 4.83. The molecule has 2 heterocycles. The number of hydrogen-bond acceptors (Lipinski definition) is 3. The van der Waals surface area contributed by atoms with Crippen LogP contribution in [0, 0.1) is 0 Å². The Labute approximate surface area is 152 Å². The zero-order chi connectivity index (χ0) is 17.6. The van der Waals surface area contributed by atoms with Gasteiger partial charge < -0.3 is 15.0 Å². The van der Waals surface area contributed by atoms with E-state index in [-0.39, 0.29) is 0 Å². The first-order chi connectivity index (χ1) is 12.9. The maximum Gasteiger partial charge on any atom is 0.120 e. The lowest BCUT2D eigenvalue weighted by Crippen LogP contribution is -2.04. The predicted octanol–water partition coefficient (Wildman–Crippen LogP) is 4.80. The minimum atomic E-state index is 0.578. The molecule has 0 unspecified atom stereocenters. The third kappa shape index (κ3) is 3.86. The van der Waals surface area contributed by atoms with E-state index in [4.69, 9.17) is 4.74 Å². The highest BCUT2D eigenvalue weighted by Gasteiger charge is 2.06. The lowest BCUT2D eigenvalue weighted by atomic mass is 10.1. The second-order valence-corrected chi connectivity index (χ2v) is 6.21. The molecule has 4 aromatic rings. The SMILES string of the molecule is c1ccc(COc2ccc3[nH]cc(CCNc4cccnc4)c3c2)cc1. The van der Waals surface area contributed by atoms with Gasteiger partial charge in [-0.25, -0.2) is 0 Å². The van der Waals surface area contributed by atoms with Gasteiger partial charge in [0, 0.05) is 36.0 Å². The number of H-pyrrole nitrogens is 1. The average Bonchev–Trinajstić information content (AvgIpc) is 3.10. The molecule has 0 aliphatic heterocycles. The molecule has 0 radical (unpaired) electrons. The first-order valence-electron chi connectivity index (χ1n) is 8.79. The Hall–Kier alpha value is -3.27. The zero-order valence-electron chi connectivity index (χ0n) is 14.5. The van der Waals surface area contributed by atoms with Crippen molar-refractivity contribution in [3.05, 3.63) is 90.4 Å². The number of anilines is 1. The van der Waals surface area contributed by atoms with E-state index in [1.54, 1.807) is 6.20 Å². The molecule has 0 bridgehead atoms. The molecule has 4 rings (SSSR count). The highest BCUT2D eigenvalue weighted by molar-refractivity contribution is 5.84. The van der Waals surface area contributed by atoms with Crippen molar-refractivity contribution in [1.29, 1.82) is 0 Å². The van der Waals surface area contributed by atoms with Crippen LogP contribution < -0.4 is 10.1 Å². The van der Waals surface area contributed by atoms with E-state index < -0.39 is 0 Å². The molecule has 2 aromatic heterocycles. The summed E-state index contributed by atoms with van der Waals surface area (Å²) in [4.78, 5) is 7.46. The van der Waals surface area contributed by atoms with E-state index >= 15 is 0 Å². The van der Waals surface area contributed by atoms with Crippen molar-refractivity contribution in [3.63, 3.8) is 0 Å². The molecule has 2 N–H and O–H groups in total. The van der Waals surface area contributed by atoms with Gasteiger partial charge in [-0.1, -0.05) is 30.3 Å². The topological polar surface area (TPSA) is 49.9 Å². The van der Waals surface area contributed by atoms with Gasteiger partial charge in [0.2, 0.25) is 0 Å². The van der Waals surface area contributed by atoms with Crippen molar-refractivity contribution in [2.45, 2.75) is 13.0 Å². The Bertz CT molecular complexity index is 965. The maximum atomic E-state index is 5.96.